The predicted molar refractivity (Wildman–Crippen MR) is 87.9 cm³/mol. The Balaban J connectivity index is 1.69. The minimum absolute atomic E-state index is 0.177. The number of hydrogen-bond acceptors (Lipinski definition) is 5. The summed E-state index contributed by atoms with van der Waals surface area (Å²) in [6.45, 7) is 1.91. The van der Waals surface area contributed by atoms with Gasteiger partial charge in [-0.3, -0.25) is 14.7 Å². The molecule has 8 nitrogen and oxygen atoms in total. The predicted octanol–water partition coefficient (Wildman–Crippen LogP) is 0.0959. The number of amides is 1. The molecule has 3 heterocycles. The van der Waals surface area contributed by atoms with Gasteiger partial charge in [0.25, 0.3) is 5.56 Å². The number of pyridine rings is 2. The van der Waals surface area contributed by atoms with Crippen molar-refractivity contribution in [3.8, 4) is 0 Å². The summed E-state index contributed by atoms with van der Waals surface area (Å²) in [7, 11) is 0. The number of rotatable bonds is 5. The Bertz CT molecular complexity index is 840. The smallest absolute Gasteiger partial charge is 0.404 e. The third-order valence-electron chi connectivity index (χ3n) is 4.44. The van der Waals surface area contributed by atoms with Gasteiger partial charge in [-0.15, -0.1) is 0 Å². The fourth-order valence-electron chi connectivity index (χ4n) is 3.16. The van der Waals surface area contributed by atoms with Crippen LogP contribution in [0.3, 0.4) is 0 Å². The van der Waals surface area contributed by atoms with E-state index in [0.29, 0.717) is 37.2 Å². The molecular formula is C16H19FN4O4. The minimum Gasteiger partial charge on any atom is -0.465 e. The summed E-state index contributed by atoms with van der Waals surface area (Å²) in [5, 5.41) is 21.0. The number of aliphatic hydroxyl groups excluding tert-OH is 1. The van der Waals surface area contributed by atoms with Crippen LogP contribution in [0.25, 0.3) is 11.0 Å². The van der Waals surface area contributed by atoms with E-state index in [-0.39, 0.29) is 18.0 Å². The van der Waals surface area contributed by atoms with Gasteiger partial charge in [-0.2, -0.15) is 0 Å². The van der Waals surface area contributed by atoms with Crippen LogP contribution in [0.15, 0.2) is 29.2 Å². The van der Waals surface area contributed by atoms with E-state index in [2.05, 4.69) is 10.3 Å². The molecule has 0 unspecified atom stereocenters. The fourth-order valence-corrected chi connectivity index (χ4v) is 3.16. The lowest BCUT2D eigenvalue weighted by atomic mass is 10.1. The fraction of sp³-hybridized carbons (Fsp3) is 0.438. The number of carboxylic acid groups (broad SMARTS) is 1. The Morgan fingerprint density at radius 2 is 2.16 bits per heavy atom. The van der Waals surface area contributed by atoms with E-state index >= 15 is 0 Å². The van der Waals surface area contributed by atoms with Crippen molar-refractivity contribution in [2.75, 3.05) is 26.2 Å². The topological polar surface area (TPSA) is 108 Å². The first-order valence-corrected chi connectivity index (χ1v) is 7.96. The van der Waals surface area contributed by atoms with E-state index in [1.54, 1.807) is 6.07 Å². The molecule has 1 aliphatic rings. The molecule has 2 atom stereocenters. The molecule has 3 N–H and O–H groups in total. The molecule has 1 fully saturated rings. The van der Waals surface area contributed by atoms with E-state index < -0.39 is 18.0 Å². The lowest BCUT2D eigenvalue weighted by Gasteiger charge is -2.17. The second kappa shape index (κ2) is 7.16. The second-order valence-corrected chi connectivity index (χ2v) is 6.15. The molecule has 0 bridgehead atoms. The van der Waals surface area contributed by atoms with Crippen LogP contribution in [0.2, 0.25) is 0 Å². The van der Waals surface area contributed by atoms with Gasteiger partial charge in [0.2, 0.25) is 0 Å². The van der Waals surface area contributed by atoms with Crippen LogP contribution >= 0.6 is 0 Å². The zero-order chi connectivity index (χ0) is 18.0. The monoisotopic (exact) mass is 350 g/mol. The molecule has 0 aliphatic carbocycles. The quantitative estimate of drug-likeness (QED) is 0.706. The average molecular weight is 350 g/mol. The molecule has 25 heavy (non-hydrogen) atoms. The van der Waals surface area contributed by atoms with E-state index in [0.717, 1.165) is 6.20 Å². The zero-order valence-corrected chi connectivity index (χ0v) is 13.4. The second-order valence-electron chi connectivity index (χ2n) is 6.15. The van der Waals surface area contributed by atoms with Gasteiger partial charge in [0.05, 0.1) is 23.3 Å². The Kier molecular flexibility index (Phi) is 4.95. The van der Waals surface area contributed by atoms with Crippen molar-refractivity contribution in [2.45, 2.75) is 12.6 Å². The van der Waals surface area contributed by atoms with Crippen LogP contribution in [0.4, 0.5) is 9.18 Å². The normalized spacial score (nSPS) is 20.9. The molecular weight excluding hydrogens is 331 g/mol. The number of nitrogens with zero attached hydrogens (tertiary/aromatic N) is 3. The maximum absolute atomic E-state index is 13.5. The molecule has 0 radical (unpaired) electrons. The number of β-amino-alcohol motifs (C(OH)–C–C–N with tert-alkyl or cyclic N) is 1. The molecule has 2 aromatic rings. The molecule has 1 saturated heterocycles. The van der Waals surface area contributed by atoms with E-state index in [9.17, 15) is 19.1 Å². The van der Waals surface area contributed by atoms with Gasteiger partial charge in [0.15, 0.2) is 0 Å². The van der Waals surface area contributed by atoms with Gasteiger partial charge in [0, 0.05) is 50.8 Å². The number of aromatic nitrogens is 2. The van der Waals surface area contributed by atoms with Crippen LogP contribution in [-0.2, 0) is 6.54 Å². The number of hydrogen-bond donors (Lipinski definition) is 3. The molecule has 9 heteroatoms. The Morgan fingerprint density at radius 1 is 1.36 bits per heavy atom. The van der Waals surface area contributed by atoms with Crippen LogP contribution in [0.1, 0.15) is 0 Å². The lowest BCUT2D eigenvalue weighted by molar-refractivity contribution is 0.138. The Morgan fingerprint density at radius 3 is 2.92 bits per heavy atom. The molecule has 0 saturated carbocycles. The summed E-state index contributed by atoms with van der Waals surface area (Å²) in [6, 6.07) is 4.23. The van der Waals surface area contributed by atoms with Gasteiger partial charge in [0.1, 0.15) is 5.82 Å². The van der Waals surface area contributed by atoms with Gasteiger partial charge >= 0.3 is 6.09 Å². The summed E-state index contributed by atoms with van der Waals surface area (Å²) in [4.78, 5) is 28.6. The first kappa shape index (κ1) is 17.3. The third kappa shape index (κ3) is 3.94. The number of halogens is 1. The zero-order valence-electron chi connectivity index (χ0n) is 13.4. The van der Waals surface area contributed by atoms with Crippen LogP contribution in [0, 0.1) is 11.7 Å². The molecule has 1 aliphatic heterocycles. The van der Waals surface area contributed by atoms with Crippen molar-refractivity contribution in [3.05, 3.63) is 40.6 Å². The molecule has 0 aromatic carbocycles. The summed E-state index contributed by atoms with van der Waals surface area (Å²) in [5.41, 5.74) is 0.714. The SMILES string of the molecule is O=C(O)NC[C@H]1CN(CCn2c(=O)ccc3ncc(F)cc32)C[C@H]1O. The van der Waals surface area contributed by atoms with Crippen molar-refractivity contribution in [2.24, 2.45) is 5.92 Å². The number of likely N-dealkylation sites (tertiary alicyclic amines) is 1. The highest BCUT2D eigenvalue weighted by atomic mass is 19.1. The molecule has 2 aromatic heterocycles. The third-order valence-corrected chi connectivity index (χ3v) is 4.44. The van der Waals surface area contributed by atoms with Crippen LogP contribution < -0.4 is 10.9 Å². The largest absolute Gasteiger partial charge is 0.465 e. The molecule has 0 spiro atoms. The summed E-state index contributed by atoms with van der Waals surface area (Å²) in [6.07, 6.45) is -0.647. The van der Waals surface area contributed by atoms with Crippen molar-refractivity contribution in [1.29, 1.82) is 0 Å². The van der Waals surface area contributed by atoms with Crippen molar-refractivity contribution in [1.82, 2.24) is 19.8 Å². The summed E-state index contributed by atoms with van der Waals surface area (Å²) >= 11 is 0. The number of carbonyl (C=O) groups is 1. The van der Waals surface area contributed by atoms with Crippen molar-refractivity contribution < 1.29 is 19.4 Å². The lowest BCUT2D eigenvalue weighted by Crippen LogP contribution is -2.33. The minimum atomic E-state index is -1.12. The van der Waals surface area contributed by atoms with Gasteiger partial charge in [-0.1, -0.05) is 0 Å². The number of fused-ring (bicyclic) bond motifs is 1. The first-order chi connectivity index (χ1) is 11.9. The maximum Gasteiger partial charge on any atom is 0.404 e. The molecule has 134 valence electrons. The number of aliphatic hydroxyl groups is 1. The highest BCUT2D eigenvalue weighted by Crippen LogP contribution is 2.17. The molecule has 3 rings (SSSR count). The van der Waals surface area contributed by atoms with Crippen LogP contribution in [-0.4, -0.2) is 63.0 Å². The Hall–Kier alpha value is -2.52. The van der Waals surface area contributed by atoms with Gasteiger partial charge < -0.3 is 20.1 Å². The van der Waals surface area contributed by atoms with E-state index in [1.165, 1.54) is 16.7 Å². The average Bonchev–Trinajstić information content (AvgIpc) is 2.92. The summed E-state index contributed by atoms with van der Waals surface area (Å²) < 4.78 is 14.9. The van der Waals surface area contributed by atoms with E-state index in [1.807, 2.05) is 4.90 Å². The summed E-state index contributed by atoms with van der Waals surface area (Å²) in [5.74, 6) is -0.706. The molecule has 1 amide bonds. The van der Waals surface area contributed by atoms with E-state index in [4.69, 9.17) is 5.11 Å². The first-order valence-electron chi connectivity index (χ1n) is 7.96. The van der Waals surface area contributed by atoms with Crippen molar-refractivity contribution >= 4 is 17.1 Å². The van der Waals surface area contributed by atoms with Crippen LogP contribution in [0.5, 0.6) is 0 Å². The maximum atomic E-state index is 13.5. The highest BCUT2D eigenvalue weighted by Gasteiger charge is 2.31. The number of nitrogens with one attached hydrogen (secondary N) is 1. The highest BCUT2D eigenvalue weighted by molar-refractivity contribution is 5.74. The van der Waals surface area contributed by atoms with Crippen molar-refractivity contribution in [3.63, 3.8) is 0 Å². The van der Waals surface area contributed by atoms with Gasteiger partial charge in [-0.25, -0.2) is 9.18 Å². The standard InChI is InChI=1S/C16H19FN4O4/c17-11-5-13-12(18-7-11)1-2-15(23)21(13)4-3-20-8-10(14(22)9-20)6-19-16(24)25/h1-2,5,7,10,14,19,22H,3-4,6,8-9H2,(H,24,25)/t10-,14+/m0/s1. The van der Waals surface area contributed by atoms with Gasteiger partial charge in [-0.05, 0) is 6.07 Å². The Labute approximate surface area is 142 Å².